The van der Waals surface area contributed by atoms with Crippen molar-refractivity contribution in [1.29, 1.82) is 0 Å². The van der Waals surface area contributed by atoms with E-state index in [4.69, 9.17) is 0 Å². The third kappa shape index (κ3) is 8.51. The minimum atomic E-state index is 0.0316. The van der Waals surface area contributed by atoms with Crippen LogP contribution in [-0.2, 0) is 4.79 Å². The minimum absolute atomic E-state index is 0.0316. The maximum Gasteiger partial charge on any atom is 0.238 e. The first kappa shape index (κ1) is 17.7. The van der Waals surface area contributed by atoms with Gasteiger partial charge in [0, 0.05) is 5.69 Å². The summed E-state index contributed by atoms with van der Waals surface area (Å²) in [6.07, 6.45) is 6.35. The van der Waals surface area contributed by atoms with Crippen LogP contribution in [-0.4, -0.2) is 19.0 Å². The van der Waals surface area contributed by atoms with E-state index >= 15 is 0 Å². The summed E-state index contributed by atoms with van der Waals surface area (Å²) in [5, 5.41) is 6.14. The molecule has 2 N–H and O–H groups in total. The van der Waals surface area contributed by atoms with E-state index < -0.39 is 0 Å². The highest BCUT2D eigenvalue weighted by molar-refractivity contribution is 5.92. The van der Waals surface area contributed by atoms with Gasteiger partial charge in [-0.15, -0.1) is 0 Å². The molecule has 0 bridgehead atoms. The SMILES string of the molecule is Cc1ccccc1NC(=O)CNCCCCCCC(C)C. The summed E-state index contributed by atoms with van der Waals surface area (Å²) in [5.74, 6) is 0.845. The zero-order valence-corrected chi connectivity index (χ0v) is 13.7. The smallest absolute Gasteiger partial charge is 0.238 e. The Bertz CT molecular complexity index is 415. The molecule has 1 aromatic carbocycles. The van der Waals surface area contributed by atoms with Crippen LogP contribution in [0.1, 0.15) is 51.5 Å². The molecule has 1 amide bonds. The van der Waals surface area contributed by atoms with Crippen LogP contribution in [0.15, 0.2) is 24.3 Å². The fourth-order valence-electron chi connectivity index (χ4n) is 2.27. The number of benzene rings is 1. The Morgan fingerprint density at radius 1 is 1.10 bits per heavy atom. The highest BCUT2D eigenvalue weighted by Crippen LogP contribution is 2.12. The van der Waals surface area contributed by atoms with Gasteiger partial charge in [-0.1, -0.05) is 57.7 Å². The molecular formula is C18H30N2O. The first-order valence-corrected chi connectivity index (χ1v) is 8.16. The van der Waals surface area contributed by atoms with Gasteiger partial charge in [0.25, 0.3) is 0 Å². The molecule has 0 heterocycles. The van der Waals surface area contributed by atoms with Crippen molar-refractivity contribution in [3.8, 4) is 0 Å². The van der Waals surface area contributed by atoms with E-state index in [2.05, 4.69) is 24.5 Å². The van der Waals surface area contributed by atoms with Gasteiger partial charge in [0.2, 0.25) is 5.91 Å². The third-order valence-electron chi connectivity index (χ3n) is 3.59. The second-order valence-corrected chi connectivity index (χ2v) is 6.14. The van der Waals surface area contributed by atoms with Gasteiger partial charge in [0.1, 0.15) is 0 Å². The molecule has 0 aromatic heterocycles. The summed E-state index contributed by atoms with van der Waals surface area (Å²) >= 11 is 0. The molecule has 0 saturated heterocycles. The quantitative estimate of drug-likeness (QED) is 0.636. The highest BCUT2D eigenvalue weighted by atomic mass is 16.1. The third-order valence-corrected chi connectivity index (χ3v) is 3.59. The first-order chi connectivity index (χ1) is 10.1. The number of carbonyl (C=O) groups excluding carboxylic acids is 1. The molecule has 0 unspecified atom stereocenters. The van der Waals surface area contributed by atoms with E-state index in [1.165, 1.54) is 25.7 Å². The summed E-state index contributed by atoms with van der Waals surface area (Å²) in [6, 6.07) is 7.85. The van der Waals surface area contributed by atoms with Crippen LogP contribution < -0.4 is 10.6 Å². The summed E-state index contributed by atoms with van der Waals surface area (Å²) in [6.45, 7) is 7.85. The Balaban J connectivity index is 2.03. The summed E-state index contributed by atoms with van der Waals surface area (Å²) < 4.78 is 0. The van der Waals surface area contributed by atoms with E-state index in [1.54, 1.807) is 0 Å². The average molecular weight is 290 g/mol. The molecule has 21 heavy (non-hydrogen) atoms. The number of carbonyl (C=O) groups is 1. The van der Waals surface area contributed by atoms with Gasteiger partial charge in [-0.3, -0.25) is 4.79 Å². The lowest BCUT2D eigenvalue weighted by atomic mass is 10.0. The van der Waals surface area contributed by atoms with Crippen molar-refractivity contribution < 1.29 is 4.79 Å². The van der Waals surface area contributed by atoms with Crippen LogP contribution in [0.4, 0.5) is 5.69 Å². The number of para-hydroxylation sites is 1. The molecule has 3 nitrogen and oxygen atoms in total. The van der Waals surface area contributed by atoms with E-state index in [0.717, 1.165) is 30.1 Å². The lowest BCUT2D eigenvalue weighted by Gasteiger charge is -2.09. The van der Waals surface area contributed by atoms with Crippen molar-refractivity contribution >= 4 is 11.6 Å². The Labute approximate surface area is 129 Å². The topological polar surface area (TPSA) is 41.1 Å². The molecular weight excluding hydrogens is 260 g/mol. The number of unbranched alkanes of at least 4 members (excludes halogenated alkanes) is 3. The highest BCUT2D eigenvalue weighted by Gasteiger charge is 2.03. The number of nitrogens with one attached hydrogen (secondary N) is 2. The predicted molar refractivity (Wildman–Crippen MR) is 90.6 cm³/mol. The fourth-order valence-corrected chi connectivity index (χ4v) is 2.27. The van der Waals surface area contributed by atoms with E-state index in [0.29, 0.717) is 6.54 Å². The molecule has 0 aliphatic rings. The molecule has 118 valence electrons. The molecule has 3 heteroatoms. The molecule has 0 saturated carbocycles. The average Bonchev–Trinajstić information content (AvgIpc) is 2.44. The van der Waals surface area contributed by atoms with Gasteiger partial charge < -0.3 is 10.6 Å². The van der Waals surface area contributed by atoms with Crippen molar-refractivity contribution in [3.63, 3.8) is 0 Å². The molecule has 0 fully saturated rings. The lowest BCUT2D eigenvalue weighted by molar-refractivity contribution is -0.115. The molecule has 0 atom stereocenters. The maximum atomic E-state index is 11.8. The summed E-state index contributed by atoms with van der Waals surface area (Å²) in [7, 11) is 0. The van der Waals surface area contributed by atoms with Crippen molar-refractivity contribution in [2.75, 3.05) is 18.4 Å². The van der Waals surface area contributed by atoms with Crippen molar-refractivity contribution in [2.45, 2.75) is 52.9 Å². The van der Waals surface area contributed by atoms with Gasteiger partial charge in [-0.2, -0.15) is 0 Å². The minimum Gasteiger partial charge on any atom is -0.325 e. The molecule has 1 aromatic rings. The maximum absolute atomic E-state index is 11.8. The Kier molecular flexibility index (Phi) is 8.76. The zero-order chi connectivity index (χ0) is 15.5. The van der Waals surface area contributed by atoms with Crippen LogP contribution in [0.25, 0.3) is 0 Å². The van der Waals surface area contributed by atoms with Gasteiger partial charge >= 0.3 is 0 Å². The molecule has 0 radical (unpaired) electrons. The van der Waals surface area contributed by atoms with Crippen molar-refractivity contribution in [2.24, 2.45) is 5.92 Å². The number of rotatable bonds is 10. The van der Waals surface area contributed by atoms with Crippen LogP contribution in [0.2, 0.25) is 0 Å². The van der Waals surface area contributed by atoms with Crippen LogP contribution in [0, 0.1) is 12.8 Å². The van der Waals surface area contributed by atoms with E-state index in [1.807, 2.05) is 31.2 Å². The number of hydrogen-bond donors (Lipinski definition) is 2. The molecule has 0 spiro atoms. The van der Waals surface area contributed by atoms with Crippen molar-refractivity contribution in [3.05, 3.63) is 29.8 Å². The standard InChI is InChI=1S/C18H30N2O/c1-15(2)10-6-4-5-9-13-19-14-18(21)20-17-12-8-7-11-16(17)3/h7-8,11-12,15,19H,4-6,9-10,13-14H2,1-3H3,(H,20,21). The number of anilines is 1. The van der Waals surface area contributed by atoms with Crippen LogP contribution in [0.5, 0.6) is 0 Å². The second kappa shape index (κ2) is 10.4. The van der Waals surface area contributed by atoms with Crippen LogP contribution >= 0.6 is 0 Å². The molecule has 0 aliphatic heterocycles. The Hall–Kier alpha value is -1.35. The monoisotopic (exact) mass is 290 g/mol. The largest absolute Gasteiger partial charge is 0.325 e. The van der Waals surface area contributed by atoms with E-state index in [9.17, 15) is 4.79 Å². The van der Waals surface area contributed by atoms with Gasteiger partial charge in [0.15, 0.2) is 0 Å². The Morgan fingerprint density at radius 2 is 1.81 bits per heavy atom. The van der Waals surface area contributed by atoms with Crippen molar-refractivity contribution in [1.82, 2.24) is 5.32 Å². The number of hydrogen-bond acceptors (Lipinski definition) is 2. The molecule has 1 rings (SSSR count). The number of aryl methyl sites for hydroxylation is 1. The van der Waals surface area contributed by atoms with Gasteiger partial charge in [-0.25, -0.2) is 0 Å². The second-order valence-electron chi connectivity index (χ2n) is 6.14. The normalized spacial score (nSPS) is 10.9. The fraction of sp³-hybridized carbons (Fsp3) is 0.611. The predicted octanol–water partition coefficient (Wildman–Crippen LogP) is 4.13. The van der Waals surface area contributed by atoms with Gasteiger partial charge in [0.05, 0.1) is 6.54 Å². The van der Waals surface area contributed by atoms with Gasteiger partial charge in [-0.05, 0) is 37.4 Å². The number of amides is 1. The Morgan fingerprint density at radius 3 is 2.52 bits per heavy atom. The summed E-state index contributed by atoms with van der Waals surface area (Å²) in [4.78, 5) is 11.8. The summed E-state index contributed by atoms with van der Waals surface area (Å²) in [5.41, 5.74) is 1.99. The molecule has 0 aliphatic carbocycles. The first-order valence-electron chi connectivity index (χ1n) is 8.16. The lowest BCUT2D eigenvalue weighted by Crippen LogP contribution is -2.28. The van der Waals surface area contributed by atoms with E-state index in [-0.39, 0.29) is 5.91 Å². The zero-order valence-electron chi connectivity index (χ0n) is 13.7. The van der Waals surface area contributed by atoms with Crippen LogP contribution in [0.3, 0.4) is 0 Å².